The van der Waals surface area contributed by atoms with Crippen molar-refractivity contribution in [2.24, 2.45) is 5.41 Å². The summed E-state index contributed by atoms with van der Waals surface area (Å²) in [6.45, 7) is 14.1. The normalized spacial score (nSPS) is 21.6. The van der Waals surface area contributed by atoms with Crippen LogP contribution in [0.4, 0.5) is 0 Å². The molecule has 0 bridgehead atoms. The fourth-order valence-corrected chi connectivity index (χ4v) is 3.03. The molecule has 0 spiro atoms. The van der Waals surface area contributed by atoms with Crippen LogP contribution in [0.15, 0.2) is 0 Å². The highest BCUT2D eigenvalue weighted by Gasteiger charge is 2.28. The van der Waals surface area contributed by atoms with Gasteiger partial charge in [0.1, 0.15) is 0 Å². The highest BCUT2D eigenvalue weighted by atomic mass is 32.2. The van der Waals surface area contributed by atoms with E-state index in [9.17, 15) is 0 Å². The van der Waals surface area contributed by atoms with Crippen molar-refractivity contribution in [3.8, 4) is 0 Å². The van der Waals surface area contributed by atoms with E-state index < -0.39 is 0 Å². The number of hydrogen-bond donors (Lipinski definition) is 1. The van der Waals surface area contributed by atoms with Crippen molar-refractivity contribution in [2.45, 2.75) is 33.7 Å². The first-order valence-electron chi connectivity index (χ1n) is 6.09. The summed E-state index contributed by atoms with van der Waals surface area (Å²) in [6, 6.07) is 0.595. The third-order valence-corrected chi connectivity index (χ3v) is 4.36. The third kappa shape index (κ3) is 4.33. The Kier molecular flexibility index (Phi) is 5.44. The van der Waals surface area contributed by atoms with E-state index in [1.165, 1.54) is 31.1 Å². The second-order valence-electron chi connectivity index (χ2n) is 5.16. The summed E-state index contributed by atoms with van der Waals surface area (Å²) in [6.07, 6.45) is 0. The van der Waals surface area contributed by atoms with Crippen LogP contribution in [-0.4, -0.2) is 48.6 Å². The van der Waals surface area contributed by atoms with Gasteiger partial charge in [-0.1, -0.05) is 20.8 Å². The minimum Gasteiger partial charge on any atom is -0.314 e. The largest absolute Gasteiger partial charge is 0.314 e. The van der Waals surface area contributed by atoms with Gasteiger partial charge in [0.25, 0.3) is 0 Å². The van der Waals surface area contributed by atoms with Crippen molar-refractivity contribution in [1.82, 2.24) is 10.2 Å². The molecule has 1 N–H and O–H groups in total. The molecule has 2 nitrogen and oxygen atoms in total. The lowest BCUT2D eigenvalue weighted by atomic mass is 9.84. The van der Waals surface area contributed by atoms with E-state index >= 15 is 0 Å². The molecule has 1 aliphatic rings. The van der Waals surface area contributed by atoms with E-state index in [4.69, 9.17) is 0 Å². The first kappa shape index (κ1) is 13.3. The predicted octanol–water partition coefficient (Wildman–Crippen LogP) is 2.06. The molecule has 90 valence electrons. The second-order valence-corrected chi connectivity index (χ2v) is 6.38. The standard InChI is InChI=1S/C12H26N2S/c1-5-13-11(2)12(3,4)10-14-6-8-15-9-7-14/h11,13H,5-10H2,1-4H3. The van der Waals surface area contributed by atoms with E-state index in [2.05, 4.69) is 49.7 Å². The van der Waals surface area contributed by atoms with Gasteiger partial charge in [0, 0.05) is 37.2 Å². The number of nitrogens with zero attached hydrogens (tertiary/aromatic N) is 1. The van der Waals surface area contributed by atoms with Gasteiger partial charge in [-0.2, -0.15) is 11.8 Å². The van der Waals surface area contributed by atoms with Crippen LogP contribution in [0.3, 0.4) is 0 Å². The quantitative estimate of drug-likeness (QED) is 0.778. The number of thioether (sulfide) groups is 1. The maximum absolute atomic E-state index is 3.54. The van der Waals surface area contributed by atoms with Gasteiger partial charge in [0.05, 0.1) is 0 Å². The van der Waals surface area contributed by atoms with Gasteiger partial charge < -0.3 is 10.2 Å². The Morgan fingerprint density at radius 3 is 2.47 bits per heavy atom. The SMILES string of the molecule is CCNC(C)C(C)(C)CN1CCSCC1. The highest BCUT2D eigenvalue weighted by Crippen LogP contribution is 2.23. The van der Waals surface area contributed by atoms with Crippen molar-refractivity contribution < 1.29 is 0 Å². The maximum Gasteiger partial charge on any atom is 0.0102 e. The third-order valence-electron chi connectivity index (χ3n) is 3.42. The van der Waals surface area contributed by atoms with E-state index in [-0.39, 0.29) is 0 Å². The molecule has 1 saturated heterocycles. The van der Waals surface area contributed by atoms with Crippen LogP contribution < -0.4 is 5.32 Å². The topological polar surface area (TPSA) is 15.3 Å². The summed E-state index contributed by atoms with van der Waals surface area (Å²) in [5.74, 6) is 2.62. The van der Waals surface area contributed by atoms with Crippen LogP contribution in [0.2, 0.25) is 0 Å². The highest BCUT2D eigenvalue weighted by molar-refractivity contribution is 7.99. The van der Waals surface area contributed by atoms with Crippen molar-refractivity contribution >= 4 is 11.8 Å². The van der Waals surface area contributed by atoms with E-state index in [0.717, 1.165) is 6.54 Å². The summed E-state index contributed by atoms with van der Waals surface area (Å²) >= 11 is 2.09. The fourth-order valence-electron chi connectivity index (χ4n) is 2.06. The van der Waals surface area contributed by atoms with Gasteiger partial charge in [-0.3, -0.25) is 0 Å². The van der Waals surface area contributed by atoms with Gasteiger partial charge in [-0.25, -0.2) is 0 Å². The van der Waals surface area contributed by atoms with Gasteiger partial charge in [0.15, 0.2) is 0 Å². The Morgan fingerprint density at radius 1 is 1.33 bits per heavy atom. The number of rotatable bonds is 5. The van der Waals surface area contributed by atoms with Gasteiger partial charge in [0.2, 0.25) is 0 Å². The molecular weight excluding hydrogens is 204 g/mol. The lowest BCUT2D eigenvalue weighted by molar-refractivity contribution is 0.153. The summed E-state index contributed by atoms with van der Waals surface area (Å²) in [5.41, 5.74) is 0.373. The molecule has 1 rings (SSSR count). The molecule has 3 heteroatoms. The van der Waals surface area contributed by atoms with E-state index in [1.807, 2.05) is 0 Å². The number of hydrogen-bond acceptors (Lipinski definition) is 3. The molecular formula is C12H26N2S. The van der Waals surface area contributed by atoms with Crippen LogP contribution in [0.5, 0.6) is 0 Å². The molecule has 0 aliphatic carbocycles. The van der Waals surface area contributed by atoms with Crippen molar-refractivity contribution in [3.63, 3.8) is 0 Å². The molecule has 1 atom stereocenters. The summed E-state index contributed by atoms with van der Waals surface area (Å²) in [5, 5.41) is 3.54. The molecule has 0 aromatic heterocycles. The maximum atomic E-state index is 3.54. The molecule has 1 aliphatic heterocycles. The summed E-state index contributed by atoms with van der Waals surface area (Å²) in [7, 11) is 0. The Balaban J connectivity index is 2.39. The lowest BCUT2D eigenvalue weighted by Gasteiger charge is -2.38. The van der Waals surface area contributed by atoms with Gasteiger partial charge in [-0.05, 0) is 18.9 Å². The smallest absolute Gasteiger partial charge is 0.0102 e. The van der Waals surface area contributed by atoms with Gasteiger partial charge >= 0.3 is 0 Å². The zero-order chi connectivity index (χ0) is 11.3. The molecule has 0 radical (unpaired) electrons. The molecule has 1 heterocycles. The predicted molar refractivity (Wildman–Crippen MR) is 70.7 cm³/mol. The van der Waals surface area contributed by atoms with E-state index in [1.54, 1.807) is 0 Å². The monoisotopic (exact) mass is 230 g/mol. The van der Waals surface area contributed by atoms with E-state index in [0.29, 0.717) is 11.5 Å². The molecule has 0 aromatic carbocycles. The first-order chi connectivity index (χ1) is 7.06. The Labute approximate surface area is 99.2 Å². The molecule has 0 aromatic rings. The van der Waals surface area contributed by atoms with Crippen molar-refractivity contribution in [3.05, 3.63) is 0 Å². The Bertz CT molecular complexity index is 176. The summed E-state index contributed by atoms with van der Waals surface area (Å²) < 4.78 is 0. The Hall–Kier alpha value is 0.270. The second kappa shape index (κ2) is 6.12. The average molecular weight is 230 g/mol. The Morgan fingerprint density at radius 2 is 1.93 bits per heavy atom. The van der Waals surface area contributed by atoms with Crippen LogP contribution in [0, 0.1) is 5.41 Å². The molecule has 0 saturated carbocycles. The van der Waals surface area contributed by atoms with Crippen molar-refractivity contribution in [2.75, 3.05) is 37.7 Å². The zero-order valence-corrected chi connectivity index (χ0v) is 11.5. The first-order valence-corrected chi connectivity index (χ1v) is 7.25. The summed E-state index contributed by atoms with van der Waals surface area (Å²) in [4.78, 5) is 2.62. The van der Waals surface area contributed by atoms with Crippen LogP contribution in [0.1, 0.15) is 27.7 Å². The molecule has 0 amide bonds. The van der Waals surface area contributed by atoms with Crippen LogP contribution in [-0.2, 0) is 0 Å². The molecule has 1 unspecified atom stereocenters. The molecule has 15 heavy (non-hydrogen) atoms. The number of nitrogens with one attached hydrogen (secondary N) is 1. The van der Waals surface area contributed by atoms with Crippen LogP contribution in [0.25, 0.3) is 0 Å². The fraction of sp³-hybridized carbons (Fsp3) is 1.00. The minimum atomic E-state index is 0.373. The van der Waals surface area contributed by atoms with Gasteiger partial charge in [-0.15, -0.1) is 0 Å². The molecule has 1 fully saturated rings. The lowest BCUT2D eigenvalue weighted by Crippen LogP contribution is -2.48. The minimum absolute atomic E-state index is 0.373. The zero-order valence-electron chi connectivity index (χ0n) is 10.7. The van der Waals surface area contributed by atoms with Crippen molar-refractivity contribution in [1.29, 1.82) is 0 Å². The average Bonchev–Trinajstić information content (AvgIpc) is 2.19. The van der Waals surface area contributed by atoms with Crippen LogP contribution >= 0.6 is 11.8 Å².